The topological polar surface area (TPSA) is 17.1 Å². The zero-order valence-corrected chi connectivity index (χ0v) is 11.8. The van der Waals surface area contributed by atoms with Crippen LogP contribution in [0.2, 0.25) is 0 Å². The quantitative estimate of drug-likeness (QED) is 0.801. The summed E-state index contributed by atoms with van der Waals surface area (Å²) in [5.74, 6) is 1.35. The minimum absolute atomic E-state index is 0.167. The average molecular weight is 264 g/mol. The highest BCUT2D eigenvalue weighted by atomic mass is 16.1. The highest BCUT2D eigenvalue weighted by Crippen LogP contribution is 2.43. The maximum atomic E-state index is 12.0. The zero-order valence-electron chi connectivity index (χ0n) is 11.8. The first kappa shape index (κ1) is 13.1. The van der Waals surface area contributed by atoms with Crippen molar-refractivity contribution >= 4 is 5.78 Å². The third-order valence-corrected chi connectivity index (χ3v) is 4.62. The smallest absolute Gasteiger partial charge is 0.136 e. The molecule has 1 heteroatoms. The van der Waals surface area contributed by atoms with Crippen molar-refractivity contribution in [2.24, 2.45) is 11.8 Å². The van der Waals surface area contributed by atoms with Gasteiger partial charge >= 0.3 is 0 Å². The van der Waals surface area contributed by atoms with Crippen molar-refractivity contribution in [1.82, 2.24) is 0 Å². The number of benzene rings is 2. The van der Waals surface area contributed by atoms with E-state index in [1.54, 1.807) is 0 Å². The van der Waals surface area contributed by atoms with E-state index < -0.39 is 0 Å². The fourth-order valence-electron chi connectivity index (χ4n) is 3.49. The number of hydrogen-bond donors (Lipinski definition) is 0. The summed E-state index contributed by atoms with van der Waals surface area (Å²) < 4.78 is 0. The molecule has 0 radical (unpaired) electrons. The van der Waals surface area contributed by atoms with Gasteiger partial charge in [-0.3, -0.25) is 4.79 Å². The number of Topliss-reactive ketones (excluding diaryl/α,β-unsaturated/α-hetero) is 1. The standard InChI is InChI=1S/C19H20O/c1-14-17(12-13-18(14)20)19(15-8-4-2-5-9-15)16-10-6-3-7-11-16/h2-11,14,17,19H,12-13H2,1H3/t14-,17+/m0/s1. The Morgan fingerprint density at radius 2 is 1.40 bits per heavy atom. The summed E-state index contributed by atoms with van der Waals surface area (Å²) in [5, 5.41) is 0. The van der Waals surface area contributed by atoms with E-state index in [0.29, 0.717) is 17.6 Å². The molecular formula is C19H20O. The van der Waals surface area contributed by atoms with Crippen molar-refractivity contribution in [2.45, 2.75) is 25.7 Å². The lowest BCUT2D eigenvalue weighted by Crippen LogP contribution is -2.19. The van der Waals surface area contributed by atoms with Crippen molar-refractivity contribution < 1.29 is 4.79 Å². The van der Waals surface area contributed by atoms with Gasteiger partial charge < -0.3 is 0 Å². The Hall–Kier alpha value is -1.89. The van der Waals surface area contributed by atoms with Gasteiger partial charge in [-0.2, -0.15) is 0 Å². The Labute approximate surface area is 120 Å². The van der Waals surface area contributed by atoms with Crippen LogP contribution in [0.4, 0.5) is 0 Å². The SMILES string of the molecule is C[C@@H]1C(=O)CC[C@H]1C(c1ccccc1)c1ccccc1. The van der Waals surface area contributed by atoms with Crippen LogP contribution in [-0.4, -0.2) is 5.78 Å². The molecule has 0 saturated heterocycles. The van der Waals surface area contributed by atoms with Gasteiger partial charge in [0.2, 0.25) is 0 Å². The monoisotopic (exact) mass is 264 g/mol. The maximum Gasteiger partial charge on any atom is 0.136 e. The predicted octanol–water partition coefficient (Wildman–Crippen LogP) is 4.43. The van der Waals surface area contributed by atoms with Gasteiger partial charge in [-0.1, -0.05) is 67.6 Å². The molecule has 2 aromatic rings. The van der Waals surface area contributed by atoms with Crippen LogP contribution < -0.4 is 0 Å². The number of ketones is 1. The van der Waals surface area contributed by atoms with E-state index in [1.807, 2.05) is 0 Å². The van der Waals surface area contributed by atoms with Crippen molar-refractivity contribution in [1.29, 1.82) is 0 Å². The molecule has 1 aliphatic rings. The molecule has 1 aliphatic carbocycles. The maximum absolute atomic E-state index is 12.0. The first-order chi connectivity index (χ1) is 9.77. The van der Waals surface area contributed by atoms with Crippen LogP contribution in [0.5, 0.6) is 0 Å². The minimum Gasteiger partial charge on any atom is -0.299 e. The molecule has 0 aliphatic heterocycles. The Balaban J connectivity index is 2.03. The van der Waals surface area contributed by atoms with Crippen LogP contribution in [0.25, 0.3) is 0 Å². The van der Waals surface area contributed by atoms with E-state index >= 15 is 0 Å². The van der Waals surface area contributed by atoms with Crippen LogP contribution in [0.3, 0.4) is 0 Å². The van der Waals surface area contributed by atoms with E-state index in [2.05, 4.69) is 67.6 Å². The molecule has 1 saturated carbocycles. The highest BCUT2D eigenvalue weighted by Gasteiger charge is 2.37. The lowest BCUT2D eigenvalue weighted by Gasteiger charge is -2.27. The lowest BCUT2D eigenvalue weighted by atomic mass is 9.76. The second kappa shape index (κ2) is 5.62. The van der Waals surface area contributed by atoms with E-state index in [9.17, 15) is 4.79 Å². The van der Waals surface area contributed by atoms with Crippen molar-refractivity contribution in [3.8, 4) is 0 Å². The van der Waals surface area contributed by atoms with Crippen LogP contribution >= 0.6 is 0 Å². The molecule has 0 heterocycles. The van der Waals surface area contributed by atoms with Crippen molar-refractivity contribution in [3.05, 3.63) is 71.8 Å². The van der Waals surface area contributed by atoms with Crippen LogP contribution in [0, 0.1) is 11.8 Å². The van der Waals surface area contributed by atoms with E-state index in [4.69, 9.17) is 0 Å². The van der Waals surface area contributed by atoms with E-state index in [-0.39, 0.29) is 5.92 Å². The Morgan fingerprint density at radius 3 is 1.80 bits per heavy atom. The first-order valence-corrected chi connectivity index (χ1v) is 7.40. The normalized spacial score (nSPS) is 22.4. The molecule has 0 bridgehead atoms. The van der Waals surface area contributed by atoms with Crippen LogP contribution in [-0.2, 0) is 4.79 Å². The van der Waals surface area contributed by atoms with Gasteiger partial charge in [-0.15, -0.1) is 0 Å². The minimum atomic E-state index is 0.167. The number of rotatable bonds is 3. The Bertz CT molecular complexity index is 534. The number of hydrogen-bond acceptors (Lipinski definition) is 1. The van der Waals surface area contributed by atoms with Gasteiger partial charge in [-0.25, -0.2) is 0 Å². The summed E-state index contributed by atoms with van der Waals surface area (Å²) in [7, 11) is 0. The highest BCUT2D eigenvalue weighted by molar-refractivity contribution is 5.83. The average Bonchev–Trinajstić information content (AvgIpc) is 2.82. The molecule has 0 aromatic heterocycles. The molecule has 20 heavy (non-hydrogen) atoms. The second-order valence-electron chi connectivity index (χ2n) is 5.76. The van der Waals surface area contributed by atoms with Crippen molar-refractivity contribution in [3.63, 3.8) is 0 Å². The fourth-order valence-corrected chi connectivity index (χ4v) is 3.49. The molecule has 2 atom stereocenters. The fraction of sp³-hybridized carbons (Fsp3) is 0.316. The molecule has 2 aromatic carbocycles. The molecule has 3 rings (SSSR count). The van der Waals surface area contributed by atoms with Gasteiger partial charge in [0.05, 0.1) is 0 Å². The summed E-state index contributed by atoms with van der Waals surface area (Å²) in [6.07, 6.45) is 1.75. The van der Waals surface area contributed by atoms with Gasteiger partial charge in [0.1, 0.15) is 5.78 Å². The summed E-state index contributed by atoms with van der Waals surface area (Å²) >= 11 is 0. The van der Waals surface area contributed by atoms with Crippen LogP contribution in [0.15, 0.2) is 60.7 Å². The predicted molar refractivity (Wildman–Crippen MR) is 81.6 cm³/mol. The molecule has 0 spiro atoms. The zero-order chi connectivity index (χ0) is 13.9. The van der Waals surface area contributed by atoms with Gasteiger partial charge in [0, 0.05) is 18.3 Å². The van der Waals surface area contributed by atoms with E-state index in [0.717, 1.165) is 12.8 Å². The third-order valence-electron chi connectivity index (χ3n) is 4.62. The Kier molecular flexibility index (Phi) is 3.68. The molecule has 102 valence electrons. The van der Waals surface area contributed by atoms with E-state index in [1.165, 1.54) is 11.1 Å². The first-order valence-electron chi connectivity index (χ1n) is 7.40. The summed E-state index contributed by atoms with van der Waals surface area (Å²) in [5.41, 5.74) is 2.65. The summed E-state index contributed by atoms with van der Waals surface area (Å²) in [6, 6.07) is 21.2. The molecular weight excluding hydrogens is 244 g/mol. The molecule has 0 unspecified atom stereocenters. The largest absolute Gasteiger partial charge is 0.299 e. The van der Waals surface area contributed by atoms with Gasteiger partial charge in [0.25, 0.3) is 0 Å². The second-order valence-corrected chi connectivity index (χ2v) is 5.76. The molecule has 1 fully saturated rings. The van der Waals surface area contributed by atoms with Crippen LogP contribution in [0.1, 0.15) is 36.8 Å². The molecule has 0 amide bonds. The molecule has 0 N–H and O–H groups in total. The lowest BCUT2D eigenvalue weighted by molar-refractivity contribution is -0.120. The summed E-state index contributed by atoms with van der Waals surface area (Å²) in [4.78, 5) is 12.0. The number of carbonyl (C=O) groups is 1. The van der Waals surface area contributed by atoms with Crippen molar-refractivity contribution in [2.75, 3.05) is 0 Å². The van der Waals surface area contributed by atoms with Gasteiger partial charge in [-0.05, 0) is 23.5 Å². The third kappa shape index (κ3) is 2.40. The summed E-state index contributed by atoms with van der Waals surface area (Å²) in [6.45, 7) is 2.10. The molecule has 1 nitrogen and oxygen atoms in total. The van der Waals surface area contributed by atoms with Gasteiger partial charge in [0.15, 0.2) is 0 Å². The number of carbonyl (C=O) groups excluding carboxylic acids is 1. The Morgan fingerprint density at radius 1 is 0.900 bits per heavy atom.